The zero-order chi connectivity index (χ0) is 22.7. The van der Waals surface area contributed by atoms with E-state index >= 15 is 0 Å². The number of carbonyl (C=O) groups is 1. The molecule has 2 aromatic carbocycles. The molecule has 0 unspecified atom stereocenters. The highest BCUT2D eigenvalue weighted by Gasteiger charge is 2.15. The normalized spacial score (nSPS) is 11.2. The van der Waals surface area contributed by atoms with Crippen molar-refractivity contribution in [3.63, 3.8) is 0 Å². The van der Waals surface area contributed by atoms with Gasteiger partial charge in [0.25, 0.3) is 0 Å². The van der Waals surface area contributed by atoms with Crippen LogP contribution in [-0.2, 0) is 4.79 Å². The van der Waals surface area contributed by atoms with Gasteiger partial charge in [0.15, 0.2) is 0 Å². The number of hydroxylamine groups is 3. The number of nitrogens with one attached hydrogen (secondary N) is 3. The van der Waals surface area contributed by atoms with E-state index in [0.29, 0.717) is 37.2 Å². The SMILES string of the molecule is O=CCNc1cc(O)c(Nc2ccc(NCCC[N+]([O-])(CCO)CCO)cc2)cc1O. The molecule has 2 aromatic rings. The first-order valence-corrected chi connectivity index (χ1v) is 10.0. The largest absolute Gasteiger partial charge is 0.633 e. The van der Waals surface area contributed by atoms with E-state index in [1.54, 1.807) is 12.1 Å². The number of phenolic OH excluding ortho intramolecular Hbond substituents is 2. The number of phenols is 2. The number of quaternary nitrogens is 1. The average molecular weight is 434 g/mol. The molecule has 0 radical (unpaired) electrons. The molecule has 7 N–H and O–H groups in total. The Hall–Kier alpha value is -3.05. The van der Waals surface area contributed by atoms with E-state index in [9.17, 15) is 20.2 Å². The molecule has 0 atom stereocenters. The highest BCUT2D eigenvalue weighted by molar-refractivity contribution is 5.75. The molecule has 0 aliphatic rings. The fourth-order valence-electron chi connectivity index (χ4n) is 3.10. The first-order chi connectivity index (χ1) is 14.9. The Morgan fingerprint density at radius 3 is 2.06 bits per heavy atom. The van der Waals surface area contributed by atoms with E-state index in [2.05, 4.69) is 16.0 Å². The van der Waals surface area contributed by atoms with Crippen LogP contribution >= 0.6 is 0 Å². The van der Waals surface area contributed by atoms with Gasteiger partial charge in [-0.15, -0.1) is 0 Å². The number of aliphatic hydroxyl groups excluding tert-OH is 2. The fraction of sp³-hybridized carbons (Fsp3) is 0.381. The molecule has 0 saturated carbocycles. The van der Waals surface area contributed by atoms with Crippen molar-refractivity contribution in [3.05, 3.63) is 41.6 Å². The van der Waals surface area contributed by atoms with Gasteiger partial charge in [-0.2, -0.15) is 0 Å². The molecular weight excluding hydrogens is 404 g/mol. The molecule has 0 aliphatic heterocycles. The quantitative estimate of drug-likeness (QED) is 0.0585. The van der Waals surface area contributed by atoms with Gasteiger partial charge < -0.3 is 51.0 Å². The van der Waals surface area contributed by atoms with E-state index in [4.69, 9.17) is 10.2 Å². The molecule has 0 aromatic heterocycles. The minimum atomic E-state index is -0.614. The number of aliphatic hydroxyl groups is 2. The molecule has 0 spiro atoms. The van der Waals surface area contributed by atoms with Crippen LogP contribution in [0.15, 0.2) is 36.4 Å². The van der Waals surface area contributed by atoms with Gasteiger partial charge in [-0.05, 0) is 24.3 Å². The van der Waals surface area contributed by atoms with E-state index in [0.717, 1.165) is 5.69 Å². The predicted octanol–water partition coefficient (Wildman–Crippen LogP) is 1.55. The van der Waals surface area contributed by atoms with Crippen molar-refractivity contribution < 1.29 is 29.9 Å². The van der Waals surface area contributed by atoms with E-state index < -0.39 is 4.65 Å². The fourth-order valence-corrected chi connectivity index (χ4v) is 3.10. The number of aldehydes is 1. The second kappa shape index (κ2) is 12.0. The van der Waals surface area contributed by atoms with Gasteiger partial charge in [0.1, 0.15) is 30.9 Å². The van der Waals surface area contributed by atoms with Gasteiger partial charge in [0.2, 0.25) is 0 Å². The Morgan fingerprint density at radius 2 is 1.45 bits per heavy atom. The smallest absolute Gasteiger partial charge is 0.141 e. The van der Waals surface area contributed by atoms with Crippen LogP contribution in [0.2, 0.25) is 0 Å². The summed E-state index contributed by atoms with van der Waals surface area (Å²) in [5.41, 5.74) is 2.11. The third-order valence-corrected chi connectivity index (χ3v) is 4.74. The maximum atomic E-state index is 12.4. The first kappa shape index (κ1) is 24.2. The summed E-state index contributed by atoms with van der Waals surface area (Å²) >= 11 is 0. The van der Waals surface area contributed by atoms with Crippen LogP contribution in [0.4, 0.5) is 22.7 Å². The van der Waals surface area contributed by atoms with Gasteiger partial charge in [-0.3, -0.25) is 0 Å². The van der Waals surface area contributed by atoms with Crippen LogP contribution in [0.5, 0.6) is 11.5 Å². The second-order valence-corrected chi connectivity index (χ2v) is 7.09. The predicted molar refractivity (Wildman–Crippen MR) is 120 cm³/mol. The maximum Gasteiger partial charge on any atom is 0.141 e. The molecule has 0 bridgehead atoms. The Morgan fingerprint density at radius 1 is 0.871 bits per heavy atom. The lowest BCUT2D eigenvalue weighted by Crippen LogP contribution is -2.47. The highest BCUT2D eigenvalue weighted by atomic mass is 16.5. The zero-order valence-electron chi connectivity index (χ0n) is 17.3. The van der Waals surface area contributed by atoms with Crippen LogP contribution in [-0.4, -0.2) is 77.3 Å². The number of hydrogen-bond acceptors (Lipinski definition) is 9. The Kier molecular flexibility index (Phi) is 9.35. The lowest BCUT2D eigenvalue weighted by Gasteiger charge is -2.42. The van der Waals surface area contributed by atoms with Crippen molar-refractivity contribution in [2.24, 2.45) is 0 Å². The Bertz CT molecular complexity index is 825. The summed E-state index contributed by atoms with van der Waals surface area (Å²) in [6, 6.07) is 9.95. The molecule has 2 rings (SSSR count). The number of nitrogens with zero attached hydrogens (tertiary/aromatic N) is 1. The minimum Gasteiger partial charge on any atom is -0.633 e. The zero-order valence-corrected chi connectivity index (χ0v) is 17.3. The van der Waals surface area contributed by atoms with Crippen LogP contribution in [0.3, 0.4) is 0 Å². The topological polar surface area (TPSA) is 157 Å². The highest BCUT2D eigenvalue weighted by Crippen LogP contribution is 2.36. The molecular formula is C21H30N4O6. The van der Waals surface area contributed by atoms with E-state index in [1.165, 1.54) is 12.1 Å². The summed E-state index contributed by atoms with van der Waals surface area (Å²) in [4.78, 5) is 10.4. The van der Waals surface area contributed by atoms with Crippen molar-refractivity contribution in [3.8, 4) is 11.5 Å². The number of aromatic hydroxyl groups is 2. The van der Waals surface area contributed by atoms with E-state index in [-0.39, 0.29) is 50.0 Å². The van der Waals surface area contributed by atoms with Gasteiger partial charge in [0.05, 0.1) is 37.7 Å². The number of hydrogen-bond donors (Lipinski definition) is 7. The average Bonchev–Trinajstić information content (AvgIpc) is 2.74. The van der Waals surface area contributed by atoms with Crippen molar-refractivity contribution in [1.82, 2.24) is 0 Å². The van der Waals surface area contributed by atoms with Crippen molar-refractivity contribution >= 4 is 29.0 Å². The maximum absolute atomic E-state index is 12.4. The summed E-state index contributed by atoms with van der Waals surface area (Å²) in [5.74, 6) is -0.186. The van der Waals surface area contributed by atoms with Gasteiger partial charge in [0, 0.05) is 36.5 Å². The molecule has 0 aliphatic carbocycles. The van der Waals surface area contributed by atoms with Crippen LogP contribution in [0.25, 0.3) is 0 Å². The number of benzene rings is 2. The van der Waals surface area contributed by atoms with Crippen molar-refractivity contribution in [2.75, 3.05) is 61.9 Å². The van der Waals surface area contributed by atoms with Gasteiger partial charge in [-0.1, -0.05) is 0 Å². The second-order valence-electron chi connectivity index (χ2n) is 7.09. The van der Waals surface area contributed by atoms with Crippen LogP contribution in [0, 0.1) is 5.21 Å². The summed E-state index contributed by atoms with van der Waals surface area (Å²) in [5, 5.41) is 59.5. The minimum absolute atomic E-state index is 0.0198. The Labute approximate surface area is 180 Å². The van der Waals surface area contributed by atoms with Gasteiger partial charge in [-0.25, -0.2) is 0 Å². The standard InChI is InChI=1S/C21H30N4O6/c26-11-7-23-18-14-21(30)19(15-20(18)29)24-17-4-2-16(3-5-17)22-6-1-8-25(31,9-12-27)10-13-28/h2-5,11,14-15,22-24,27-30H,1,6-10,12-13H2. The molecule has 0 saturated heterocycles. The van der Waals surface area contributed by atoms with E-state index in [1.807, 2.05) is 12.1 Å². The molecule has 10 heteroatoms. The first-order valence-electron chi connectivity index (χ1n) is 10.0. The third kappa shape index (κ3) is 7.61. The number of anilines is 4. The number of carbonyl (C=O) groups excluding carboxylic acids is 1. The summed E-state index contributed by atoms with van der Waals surface area (Å²) in [7, 11) is 0. The summed E-state index contributed by atoms with van der Waals surface area (Å²) in [6.45, 7) is 0.595. The van der Waals surface area contributed by atoms with Crippen LogP contribution in [0.1, 0.15) is 6.42 Å². The molecule has 0 fully saturated rings. The van der Waals surface area contributed by atoms with Crippen LogP contribution < -0.4 is 16.0 Å². The lowest BCUT2D eigenvalue weighted by molar-refractivity contribution is -0.881. The molecule has 10 nitrogen and oxygen atoms in total. The number of rotatable bonds is 14. The molecule has 0 amide bonds. The molecule has 170 valence electrons. The lowest BCUT2D eigenvalue weighted by atomic mass is 10.2. The van der Waals surface area contributed by atoms with Gasteiger partial charge >= 0.3 is 0 Å². The summed E-state index contributed by atoms with van der Waals surface area (Å²) < 4.78 is -0.614. The monoisotopic (exact) mass is 434 g/mol. The summed E-state index contributed by atoms with van der Waals surface area (Å²) in [6.07, 6.45) is 1.24. The van der Waals surface area contributed by atoms with Crippen molar-refractivity contribution in [1.29, 1.82) is 0 Å². The Balaban J connectivity index is 1.88. The van der Waals surface area contributed by atoms with Crippen molar-refractivity contribution in [2.45, 2.75) is 6.42 Å². The molecule has 31 heavy (non-hydrogen) atoms. The molecule has 0 heterocycles. The third-order valence-electron chi connectivity index (χ3n) is 4.74.